The first-order chi connectivity index (χ1) is 13.8. The van der Waals surface area contributed by atoms with Crippen LogP contribution < -0.4 is 10.5 Å². The van der Waals surface area contributed by atoms with Crippen LogP contribution in [0.1, 0.15) is 62.3 Å². The molecule has 1 heterocycles. The van der Waals surface area contributed by atoms with E-state index in [4.69, 9.17) is 15.2 Å². The van der Waals surface area contributed by atoms with Gasteiger partial charge in [-0.25, -0.2) is 4.79 Å². The van der Waals surface area contributed by atoms with E-state index in [0.29, 0.717) is 6.54 Å². The van der Waals surface area contributed by atoms with E-state index in [-0.39, 0.29) is 41.3 Å². The molecule has 8 nitrogen and oxygen atoms in total. The van der Waals surface area contributed by atoms with E-state index in [2.05, 4.69) is 0 Å². The van der Waals surface area contributed by atoms with Gasteiger partial charge in [-0.1, -0.05) is 13.0 Å². The minimum atomic E-state index is -0.678. The summed E-state index contributed by atoms with van der Waals surface area (Å²) in [5, 5.41) is 0. The lowest BCUT2D eigenvalue weighted by molar-refractivity contribution is 0.0128. The highest BCUT2D eigenvalue weighted by atomic mass is 16.6. The Balaban J connectivity index is 2.44. The van der Waals surface area contributed by atoms with Crippen molar-refractivity contribution < 1.29 is 23.9 Å². The van der Waals surface area contributed by atoms with Crippen LogP contribution in [0.3, 0.4) is 0 Å². The minimum Gasteiger partial charge on any atom is -0.487 e. The number of rotatable bonds is 4. The number of para-hydroxylation sites is 1. The fraction of sp³-hybridized carbons (Fsp3) is 0.591. The van der Waals surface area contributed by atoms with E-state index in [1.165, 1.54) is 11.0 Å². The minimum absolute atomic E-state index is 0.0487. The Morgan fingerprint density at radius 1 is 1.33 bits per heavy atom. The summed E-state index contributed by atoms with van der Waals surface area (Å²) in [4.78, 5) is 40.8. The number of fused-ring (bicyclic) bond motifs is 1. The van der Waals surface area contributed by atoms with E-state index >= 15 is 0 Å². The molecule has 0 unspecified atom stereocenters. The van der Waals surface area contributed by atoms with Gasteiger partial charge in [0.2, 0.25) is 0 Å². The molecule has 0 bridgehead atoms. The molecule has 1 aliphatic heterocycles. The van der Waals surface area contributed by atoms with E-state index < -0.39 is 23.7 Å². The maximum atomic E-state index is 13.2. The first kappa shape index (κ1) is 23.5. The summed E-state index contributed by atoms with van der Waals surface area (Å²) in [6, 6.07) is 4.73. The molecule has 0 fully saturated rings. The van der Waals surface area contributed by atoms with Gasteiger partial charge in [-0.3, -0.25) is 9.59 Å². The average molecular weight is 420 g/mol. The quantitative estimate of drug-likeness (QED) is 0.808. The van der Waals surface area contributed by atoms with Crippen molar-refractivity contribution in [3.05, 3.63) is 29.3 Å². The Bertz CT molecular complexity index is 815. The number of hydrogen-bond acceptors (Lipinski definition) is 5. The molecular weight excluding hydrogens is 386 g/mol. The van der Waals surface area contributed by atoms with E-state index in [9.17, 15) is 14.4 Å². The number of nitrogens with two attached hydrogens (primary N) is 1. The van der Waals surface area contributed by atoms with Crippen molar-refractivity contribution in [1.82, 2.24) is 9.80 Å². The highest BCUT2D eigenvalue weighted by Crippen LogP contribution is 2.31. The van der Waals surface area contributed by atoms with Gasteiger partial charge in [0.05, 0.1) is 17.7 Å². The van der Waals surface area contributed by atoms with Crippen LogP contribution >= 0.6 is 0 Å². The van der Waals surface area contributed by atoms with Crippen molar-refractivity contribution in [1.29, 1.82) is 0 Å². The molecule has 0 radical (unpaired) electrons. The van der Waals surface area contributed by atoms with Crippen LogP contribution in [-0.4, -0.2) is 65.6 Å². The molecule has 2 rings (SSSR count). The number of amides is 3. The average Bonchev–Trinajstić information content (AvgIpc) is 2.62. The number of hydrogen-bond donors (Lipinski definition) is 1. The number of benzene rings is 1. The Labute approximate surface area is 178 Å². The summed E-state index contributed by atoms with van der Waals surface area (Å²) in [6.45, 7) is 11.9. The molecule has 3 amide bonds. The van der Waals surface area contributed by atoms with Crippen LogP contribution in [0.2, 0.25) is 0 Å². The summed E-state index contributed by atoms with van der Waals surface area (Å²) in [5.74, 6) is -0.845. The van der Waals surface area contributed by atoms with Crippen molar-refractivity contribution in [3.63, 3.8) is 0 Å². The van der Waals surface area contributed by atoms with Gasteiger partial charge in [-0.05, 0) is 46.8 Å². The predicted octanol–water partition coefficient (Wildman–Crippen LogP) is 2.90. The first-order valence-electron chi connectivity index (χ1n) is 10.2. The lowest BCUT2D eigenvalue weighted by Gasteiger charge is -2.38. The Kier molecular flexibility index (Phi) is 7.00. The second kappa shape index (κ2) is 8.93. The van der Waals surface area contributed by atoms with Crippen LogP contribution in [0.15, 0.2) is 18.2 Å². The van der Waals surface area contributed by atoms with Crippen LogP contribution in [0.5, 0.6) is 5.75 Å². The van der Waals surface area contributed by atoms with Gasteiger partial charge < -0.3 is 25.0 Å². The monoisotopic (exact) mass is 419 g/mol. The zero-order valence-electron chi connectivity index (χ0n) is 18.9. The summed E-state index contributed by atoms with van der Waals surface area (Å²) in [6.07, 6.45) is -0.948. The molecule has 8 heteroatoms. The lowest BCUT2D eigenvalue weighted by Crippen LogP contribution is -2.49. The summed E-state index contributed by atoms with van der Waals surface area (Å²) < 4.78 is 11.6. The number of primary amides is 1. The Hall–Kier alpha value is -2.77. The smallest absolute Gasteiger partial charge is 0.410 e. The molecule has 1 aromatic rings. The van der Waals surface area contributed by atoms with E-state index in [1.54, 1.807) is 44.9 Å². The van der Waals surface area contributed by atoms with Crippen LogP contribution in [-0.2, 0) is 4.74 Å². The topological polar surface area (TPSA) is 102 Å². The fourth-order valence-electron chi connectivity index (χ4n) is 3.31. The highest BCUT2D eigenvalue weighted by molar-refractivity contribution is 6.03. The van der Waals surface area contributed by atoms with Gasteiger partial charge in [0.25, 0.3) is 11.8 Å². The molecule has 2 N–H and O–H groups in total. The van der Waals surface area contributed by atoms with Gasteiger partial charge in [0.1, 0.15) is 17.5 Å². The van der Waals surface area contributed by atoms with Crippen molar-refractivity contribution in [3.8, 4) is 5.75 Å². The molecule has 0 spiro atoms. The van der Waals surface area contributed by atoms with Crippen LogP contribution in [0.25, 0.3) is 0 Å². The van der Waals surface area contributed by atoms with Crippen molar-refractivity contribution in [2.75, 3.05) is 20.1 Å². The van der Waals surface area contributed by atoms with Crippen molar-refractivity contribution >= 4 is 17.9 Å². The fourth-order valence-corrected chi connectivity index (χ4v) is 3.31. The maximum Gasteiger partial charge on any atom is 0.410 e. The van der Waals surface area contributed by atoms with Crippen molar-refractivity contribution in [2.24, 2.45) is 11.7 Å². The summed E-state index contributed by atoms with van der Waals surface area (Å²) in [7, 11) is 1.63. The second-order valence-electron chi connectivity index (χ2n) is 9.09. The van der Waals surface area contributed by atoms with Gasteiger partial charge in [0.15, 0.2) is 0 Å². The highest BCUT2D eigenvalue weighted by Gasteiger charge is 2.35. The third kappa shape index (κ3) is 5.43. The molecule has 0 aliphatic carbocycles. The summed E-state index contributed by atoms with van der Waals surface area (Å²) in [5.41, 5.74) is 5.35. The second-order valence-corrected chi connectivity index (χ2v) is 9.09. The van der Waals surface area contributed by atoms with Crippen LogP contribution in [0, 0.1) is 5.92 Å². The molecule has 166 valence electrons. The molecule has 1 aromatic carbocycles. The first-order valence-corrected chi connectivity index (χ1v) is 10.2. The Morgan fingerprint density at radius 2 is 1.97 bits per heavy atom. The van der Waals surface area contributed by atoms with Gasteiger partial charge in [-0.15, -0.1) is 0 Å². The summed E-state index contributed by atoms with van der Waals surface area (Å²) >= 11 is 0. The Morgan fingerprint density at radius 3 is 2.50 bits per heavy atom. The third-order valence-corrected chi connectivity index (χ3v) is 4.94. The number of carbonyl (C=O) groups excluding carboxylic acids is 3. The van der Waals surface area contributed by atoms with Gasteiger partial charge in [0, 0.05) is 25.6 Å². The number of ether oxygens (including phenoxy) is 2. The number of nitrogens with zero attached hydrogens (tertiary/aromatic N) is 2. The molecule has 0 aromatic heterocycles. The molecule has 0 saturated carbocycles. The largest absolute Gasteiger partial charge is 0.487 e. The molecule has 0 saturated heterocycles. The zero-order valence-corrected chi connectivity index (χ0v) is 18.9. The molecule has 2 atom stereocenters. The number of likely N-dealkylation sites (N-methyl/N-ethyl adjacent to an activating group) is 1. The predicted molar refractivity (Wildman–Crippen MR) is 114 cm³/mol. The third-order valence-electron chi connectivity index (χ3n) is 4.94. The standard InChI is InChI=1S/C22H33N3O5/c1-13(2)25-11-14(3)17(12-24(7)21(28)30-22(4,5)6)29-18-15(19(23)26)9-8-10-16(18)20(25)27/h8-10,13-14,17H,11-12H2,1-7H3,(H2,23,26)/t14-,17+/m1/s1. The molecule has 30 heavy (non-hydrogen) atoms. The van der Waals surface area contributed by atoms with Gasteiger partial charge in [-0.2, -0.15) is 0 Å². The zero-order chi connectivity index (χ0) is 22.8. The van der Waals surface area contributed by atoms with Gasteiger partial charge >= 0.3 is 6.09 Å². The van der Waals surface area contributed by atoms with Crippen LogP contribution in [0.4, 0.5) is 4.79 Å². The van der Waals surface area contributed by atoms with E-state index in [0.717, 1.165) is 0 Å². The normalized spacial score (nSPS) is 19.5. The SMILES string of the molecule is CC(C)N1C[C@@H](C)[C@H](CN(C)C(=O)OC(C)(C)C)Oc2c(C(N)=O)cccc2C1=O. The lowest BCUT2D eigenvalue weighted by atomic mass is 9.98. The molecule has 1 aliphatic rings. The molecular formula is C22H33N3O5. The maximum absolute atomic E-state index is 13.2. The van der Waals surface area contributed by atoms with Crippen molar-refractivity contribution in [2.45, 2.75) is 59.3 Å². The van der Waals surface area contributed by atoms with E-state index in [1.807, 2.05) is 20.8 Å². The number of carbonyl (C=O) groups is 3.